The van der Waals surface area contributed by atoms with Crippen LogP contribution in [0.2, 0.25) is 5.02 Å². The molecule has 0 radical (unpaired) electrons. The van der Waals surface area contributed by atoms with E-state index < -0.39 is 0 Å². The molecule has 1 aromatic heterocycles. The first-order valence-corrected chi connectivity index (χ1v) is 9.55. The first-order chi connectivity index (χ1) is 12.6. The Morgan fingerprint density at radius 2 is 1.88 bits per heavy atom. The summed E-state index contributed by atoms with van der Waals surface area (Å²) in [5.74, 6) is 1.66. The summed E-state index contributed by atoms with van der Waals surface area (Å²) in [6, 6.07) is 8.00. The van der Waals surface area contributed by atoms with Gasteiger partial charge in [-0.05, 0) is 24.6 Å². The van der Waals surface area contributed by atoms with Crippen molar-refractivity contribution in [3.63, 3.8) is 0 Å². The highest BCUT2D eigenvalue weighted by atomic mass is 35.5. The molecule has 0 bridgehead atoms. The summed E-state index contributed by atoms with van der Waals surface area (Å²) in [5.41, 5.74) is 8.24. The number of nitrogen functional groups attached to an aromatic ring is 1. The van der Waals surface area contributed by atoms with E-state index in [4.69, 9.17) is 17.3 Å². The smallest absolute Gasteiger partial charge is 0.157 e. The maximum atomic E-state index is 6.41. The van der Waals surface area contributed by atoms with Crippen LogP contribution >= 0.6 is 11.6 Å². The Hall–Kier alpha value is -2.21. The molecular formula is C19H27ClN6. The molecule has 26 heavy (non-hydrogen) atoms. The Morgan fingerprint density at radius 1 is 1.15 bits per heavy atom. The Bertz CT molecular complexity index is 730. The van der Waals surface area contributed by atoms with E-state index in [1.165, 1.54) is 0 Å². The minimum absolute atomic E-state index is 0.669. The van der Waals surface area contributed by atoms with Crippen molar-refractivity contribution in [2.24, 2.45) is 0 Å². The third-order valence-electron chi connectivity index (χ3n) is 4.80. The van der Waals surface area contributed by atoms with Crippen molar-refractivity contribution < 1.29 is 0 Å². The third-order valence-corrected chi connectivity index (χ3v) is 5.04. The van der Waals surface area contributed by atoms with Gasteiger partial charge in [-0.25, -0.2) is 9.97 Å². The normalized spacial score (nSPS) is 14.6. The van der Waals surface area contributed by atoms with Crippen LogP contribution in [0.1, 0.15) is 19.8 Å². The summed E-state index contributed by atoms with van der Waals surface area (Å²) >= 11 is 6.12. The molecule has 6 nitrogen and oxygen atoms in total. The minimum Gasteiger partial charge on any atom is -0.393 e. The fraction of sp³-hybridized carbons (Fsp3) is 0.474. The van der Waals surface area contributed by atoms with E-state index in [0.717, 1.165) is 67.9 Å². The first-order valence-electron chi connectivity index (χ1n) is 9.17. The molecule has 0 spiro atoms. The molecule has 140 valence electrons. The molecule has 1 aromatic carbocycles. The highest BCUT2D eigenvalue weighted by Crippen LogP contribution is 2.30. The van der Waals surface area contributed by atoms with Gasteiger partial charge in [0.2, 0.25) is 0 Å². The van der Waals surface area contributed by atoms with E-state index in [1.807, 2.05) is 25.2 Å². The second-order valence-corrected chi connectivity index (χ2v) is 7.10. The Balaban J connectivity index is 1.69. The Kier molecular flexibility index (Phi) is 6.04. The molecule has 0 saturated carbocycles. The largest absolute Gasteiger partial charge is 0.393 e. The number of aromatic nitrogens is 2. The molecule has 0 atom stereocenters. The van der Waals surface area contributed by atoms with Gasteiger partial charge in [0.05, 0.1) is 0 Å². The highest BCUT2D eigenvalue weighted by Gasteiger charge is 2.22. The fourth-order valence-corrected chi connectivity index (χ4v) is 3.47. The van der Waals surface area contributed by atoms with Gasteiger partial charge in [-0.3, -0.25) is 0 Å². The minimum atomic E-state index is 0.669. The summed E-state index contributed by atoms with van der Waals surface area (Å²) in [5, 5.41) is 0.768. The molecular weight excluding hydrogens is 348 g/mol. The molecule has 1 saturated heterocycles. The van der Waals surface area contributed by atoms with Crippen LogP contribution in [0.4, 0.5) is 23.0 Å². The van der Waals surface area contributed by atoms with Crippen molar-refractivity contribution in [3.05, 3.63) is 35.6 Å². The molecule has 7 heteroatoms. The number of unbranched alkanes of at least 4 members (excludes halogenated alkanes) is 1. The topological polar surface area (TPSA) is 61.5 Å². The van der Waals surface area contributed by atoms with E-state index >= 15 is 0 Å². The van der Waals surface area contributed by atoms with Crippen LogP contribution in [0, 0.1) is 0 Å². The number of nitrogens with zero attached hydrogens (tertiary/aromatic N) is 5. The molecule has 1 fully saturated rings. The van der Waals surface area contributed by atoms with Crippen molar-refractivity contribution in [3.8, 4) is 0 Å². The number of rotatable bonds is 6. The van der Waals surface area contributed by atoms with Gasteiger partial charge in [0, 0.05) is 50.5 Å². The predicted molar refractivity (Wildman–Crippen MR) is 111 cm³/mol. The van der Waals surface area contributed by atoms with Crippen LogP contribution in [0.15, 0.2) is 30.6 Å². The molecule has 2 heterocycles. The zero-order valence-corrected chi connectivity index (χ0v) is 16.3. The van der Waals surface area contributed by atoms with Crippen molar-refractivity contribution in [1.29, 1.82) is 0 Å². The van der Waals surface area contributed by atoms with Crippen molar-refractivity contribution >= 4 is 34.6 Å². The van der Waals surface area contributed by atoms with Crippen LogP contribution in [-0.2, 0) is 0 Å². The summed E-state index contributed by atoms with van der Waals surface area (Å²) in [6.07, 6.45) is 3.88. The van der Waals surface area contributed by atoms with Gasteiger partial charge in [0.1, 0.15) is 12.0 Å². The molecule has 0 aliphatic carbocycles. The van der Waals surface area contributed by atoms with Crippen LogP contribution in [0.3, 0.4) is 0 Å². The monoisotopic (exact) mass is 374 g/mol. The third kappa shape index (κ3) is 4.12. The van der Waals surface area contributed by atoms with Crippen LogP contribution in [0.25, 0.3) is 0 Å². The number of nitrogens with two attached hydrogens (primary N) is 1. The van der Waals surface area contributed by atoms with Gasteiger partial charge in [-0.2, -0.15) is 0 Å². The number of hydrogen-bond donors (Lipinski definition) is 1. The number of hydrogen-bond acceptors (Lipinski definition) is 6. The summed E-state index contributed by atoms with van der Waals surface area (Å²) in [4.78, 5) is 15.6. The lowest BCUT2D eigenvalue weighted by Crippen LogP contribution is -2.47. The van der Waals surface area contributed by atoms with Crippen LogP contribution < -0.4 is 20.4 Å². The molecule has 0 amide bonds. The number of halogens is 1. The molecule has 2 N–H and O–H groups in total. The Morgan fingerprint density at radius 3 is 2.58 bits per heavy atom. The highest BCUT2D eigenvalue weighted by molar-refractivity contribution is 6.30. The van der Waals surface area contributed by atoms with Gasteiger partial charge in [0.25, 0.3) is 0 Å². The summed E-state index contributed by atoms with van der Waals surface area (Å²) in [6.45, 7) is 6.68. The maximum Gasteiger partial charge on any atom is 0.157 e. The average molecular weight is 375 g/mol. The van der Waals surface area contributed by atoms with E-state index in [9.17, 15) is 0 Å². The zero-order chi connectivity index (χ0) is 18.5. The van der Waals surface area contributed by atoms with Crippen molar-refractivity contribution in [2.75, 3.05) is 60.2 Å². The quantitative estimate of drug-likeness (QED) is 0.837. The van der Waals surface area contributed by atoms with E-state index in [-0.39, 0.29) is 0 Å². The zero-order valence-electron chi connectivity index (χ0n) is 15.5. The van der Waals surface area contributed by atoms with Crippen LogP contribution in [-0.4, -0.2) is 49.7 Å². The predicted octanol–water partition coefficient (Wildman–Crippen LogP) is 3.28. The van der Waals surface area contributed by atoms with Crippen LogP contribution in [0.5, 0.6) is 0 Å². The van der Waals surface area contributed by atoms with Gasteiger partial charge >= 0.3 is 0 Å². The van der Waals surface area contributed by atoms with Gasteiger partial charge in [-0.15, -0.1) is 0 Å². The number of anilines is 4. The molecule has 1 aliphatic heterocycles. The molecule has 1 aliphatic rings. The average Bonchev–Trinajstić information content (AvgIpc) is 2.66. The standard InChI is InChI=1S/C19H27ClN6/c1-3-4-8-24(2)18-17(21)19(23-14-22-18)26-11-9-25(10-12-26)16-7-5-6-15(20)13-16/h5-7,13-14H,3-4,8-12,21H2,1-2H3. The Labute approximate surface area is 160 Å². The lowest BCUT2D eigenvalue weighted by molar-refractivity contribution is 0.647. The summed E-state index contributed by atoms with van der Waals surface area (Å²) in [7, 11) is 2.04. The molecule has 0 unspecified atom stereocenters. The van der Waals surface area contributed by atoms with Crippen molar-refractivity contribution in [2.45, 2.75) is 19.8 Å². The number of piperazine rings is 1. The maximum absolute atomic E-state index is 6.41. The second kappa shape index (κ2) is 8.45. The van der Waals surface area contributed by atoms with Crippen molar-refractivity contribution in [1.82, 2.24) is 9.97 Å². The van der Waals surface area contributed by atoms with Gasteiger partial charge < -0.3 is 20.4 Å². The fourth-order valence-electron chi connectivity index (χ4n) is 3.28. The van der Waals surface area contributed by atoms with E-state index in [2.05, 4.69) is 37.7 Å². The second-order valence-electron chi connectivity index (χ2n) is 6.66. The van der Waals surface area contributed by atoms with Gasteiger partial charge in [-0.1, -0.05) is 31.0 Å². The number of benzene rings is 1. The lowest BCUT2D eigenvalue weighted by atomic mass is 10.2. The van der Waals surface area contributed by atoms with E-state index in [1.54, 1.807) is 6.33 Å². The van der Waals surface area contributed by atoms with E-state index in [0.29, 0.717) is 5.69 Å². The lowest BCUT2D eigenvalue weighted by Gasteiger charge is -2.37. The van der Waals surface area contributed by atoms with Gasteiger partial charge in [0.15, 0.2) is 11.6 Å². The first kappa shape index (κ1) is 18.6. The summed E-state index contributed by atoms with van der Waals surface area (Å²) < 4.78 is 0. The molecule has 2 aromatic rings. The SMILES string of the molecule is CCCCN(C)c1ncnc(N2CCN(c3cccc(Cl)c3)CC2)c1N. The molecule has 3 rings (SSSR count).